The van der Waals surface area contributed by atoms with E-state index in [-0.39, 0.29) is 5.54 Å². The molecule has 0 aliphatic carbocycles. The lowest BCUT2D eigenvalue weighted by Gasteiger charge is -2.46. The van der Waals surface area contributed by atoms with Gasteiger partial charge in [0.15, 0.2) is 0 Å². The molecule has 1 saturated heterocycles. The number of alkyl halides is 3. The number of hydrogen-bond donors (Lipinski definition) is 1. The number of halogens is 3. The Bertz CT molecular complexity index is 273. The summed E-state index contributed by atoms with van der Waals surface area (Å²) in [5.74, 6) is 0.529. The molecule has 1 unspecified atom stereocenters. The van der Waals surface area contributed by atoms with Crippen LogP contribution in [0.3, 0.4) is 0 Å². The lowest BCUT2D eigenvalue weighted by atomic mass is 9.88. The molecule has 0 radical (unpaired) electrons. The molecule has 3 nitrogen and oxygen atoms in total. The fourth-order valence-corrected chi connectivity index (χ4v) is 2.92. The third-order valence-electron chi connectivity index (χ3n) is 3.83. The van der Waals surface area contributed by atoms with Gasteiger partial charge in [0, 0.05) is 38.3 Å². The zero-order chi connectivity index (χ0) is 14.7. The van der Waals surface area contributed by atoms with Gasteiger partial charge in [0.05, 0.1) is 6.54 Å². The summed E-state index contributed by atoms with van der Waals surface area (Å²) in [6, 6.07) is 0. The van der Waals surface area contributed by atoms with E-state index < -0.39 is 12.7 Å². The van der Waals surface area contributed by atoms with Crippen LogP contribution in [0.1, 0.15) is 27.2 Å². The molecule has 0 aromatic heterocycles. The minimum atomic E-state index is -4.10. The minimum absolute atomic E-state index is 0.0987. The number of nitrogens with zero attached hydrogens (tertiary/aromatic N) is 2. The van der Waals surface area contributed by atoms with Crippen molar-refractivity contribution in [2.45, 2.75) is 38.9 Å². The van der Waals surface area contributed by atoms with Crippen LogP contribution in [0.5, 0.6) is 0 Å². The van der Waals surface area contributed by atoms with Crippen LogP contribution in [0.25, 0.3) is 0 Å². The SMILES string of the molecule is CC(C)CC(C)(CN)N1CCN(CC(F)(F)F)CC1. The Kier molecular flexibility index (Phi) is 5.65. The van der Waals surface area contributed by atoms with Crippen LogP contribution in [-0.2, 0) is 0 Å². The fourth-order valence-electron chi connectivity index (χ4n) is 2.92. The molecule has 1 fully saturated rings. The van der Waals surface area contributed by atoms with E-state index in [2.05, 4.69) is 25.7 Å². The maximum atomic E-state index is 12.3. The van der Waals surface area contributed by atoms with Gasteiger partial charge in [0.1, 0.15) is 0 Å². The highest BCUT2D eigenvalue weighted by Crippen LogP contribution is 2.25. The Morgan fingerprint density at radius 2 is 1.63 bits per heavy atom. The summed E-state index contributed by atoms with van der Waals surface area (Å²) in [7, 11) is 0. The van der Waals surface area contributed by atoms with Crippen LogP contribution in [0.2, 0.25) is 0 Å². The first-order valence-electron chi connectivity index (χ1n) is 6.90. The van der Waals surface area contributed by atoms with E-state index in [4.69, 9.17) is 5.73 Å². The summed E-state index contributed by atoms with van der Waals surface area (Å²) in [6.07, 6.45) is -3.12. The standard InChI is InChI=1S/C13H26F3N3/c1-11(2)8-12(3,9-17)19-6-4-18(5-7-19)10-13(14,15)16/h11H,4-10,17H2,1-3H3. The molecule has 0 aromatic rings. The Hall–Kier alpha value is -0.330. The monoisotopic (exact) mass is 281 g/mol. The Labute approximate surface area is 113 Å². The normalized spacial score (nSPS) is 22.7. The summed E-state index contributed by atoms with van der Waals surface area (Å²) >= 11 is 0. The minimum Gasteiger partial charge on any atom is -0.329 e. The lowest BCUT2D eigenvalue weighted by molar-refractivity contribution is -0.151. The van der Waals surface area contributed by atoms with Crippen LogP contribution in [0, 0.1) is 5.92 Å². The third kappa shape index (κ3) is 5.28. The molecule has 1 aliphatic heterocycles. The van der Waals surface area contributed by atoms with Crippen LogP contribution in [-0.4, -0.2) is 60.8 Å². The second kappa shape index (κ2) is 6.41. The van der Waals surface area contributed by atoms with Crippen molar-refractivity contribution in [2.75, 3.05) is 39.3 Å². The van der Waals surface area contributed by atoms with Gasteiger partial charge < -0.3 is 5.73 Å². The van der Waals surface area contributed by atoms with Gasteiger partial charge >= 0.3 is 6.18 Å². The highest BCUT2D eigenvalue weighted by atomic mass is 19.4. The van der Waals surface area contributed by atoms with Crippen molar-refractivity contribution < 1.29 is 13.2 Å². The molecule has 19 heavy (non-hydrogen) atoms. The van der Waals surface area contributed by atoms with Crippen molar-refractivity contribution in [3.63, 3.8) is 0 Å². The number of rotatable bonds is 5. The summed E-state index contributed by atoms with van der Waals surface area (Å²) in [4.78, 5) is 3.72. The molecule has 1 aliphatic rings. The number of nitrogens with two attached hydrogens (primary N) is 1. The van der Waals surface area contributed by atoms with E-state index in [0.29, 0.717) is 38.6 Å². The van der Waals surface area contributed by atoms with Crippen LogP contribution < -0.4 is 5.73 Å². The first-order valence-corrected chi connectivity index (χ1v) is 6.90. The molecular weight excluding hydrogens is 255 g/mol. The zero-order valence-corrected chi connectivity index (χ0v) is 12.1. The molecule has 0 spiro atoms. The van der Waals surface area contributed by atoms with Crippen LogP contribution in [0.4, 0.5) is 13.2 Å². The van der Waals surface area contributed by atoms with E-state index in [1.165, 1.54) is 4.90 Å². The van der Waals surface area contributed by atoms with Crippen molar-refractivity contribution in [2.24, 2.45) is 11.7 Å². The van der Waals surface area contributed by atoms with Gasteiger partial charge in [-0.3, -0.25) is 9.80 Å². The van der Waals surface area contributed by atoms with Crippen molar-refractivity contribution in [1.29, 1.82) is 0 Å². The highest BCUT2D eigenvalue weighted by molar-refractivity contribution is 4.91. The Morgan fingerprint density at radius 3 is 2.00 bits per heavy atom. The predicted molar refractivity (Wildman–Crippen MR) is 71.0 cm³/mol. The molecule has 2 N–H and O–H groups in total. The molecule has 0 amide bonds. The van der Waals surface area contributed by atoms with Crippen molar-refractivity contribution in [1.82, 2.24) is 9.80 Å². The molecule has 1 atom stereocenters. The van der Waals surface area contributed by atoms with Crippen molar-refractivity contribution in [3.05, 3.63) is 0 Å². The van der Waals surface area contributed by atoms with Crippen molar-refractivity contribution >= 4 is 0 Å². The summed E-state index contributed by atoms with van der Waals surface area (Å²) in [6.45, 7) is 8.41. The molecule has 6 heteroatoms. The van der Waals surface area contributed by atoms with Crippen LogP contribution in [0.15, 0.2) is 0 Å². The fraction of sp³-hybridized carbons (Fsp3) is 1.00. The van der Waals surface area contributed by atoms with Gasteiger partial charge in [0.25, 0.3) is 0 Å². The van der Waals surface area contributed by atoms with E-state index in [1.54, 1.807) is 0 Å². The van der Waals surface area contributed by atoms with Gasteiger partial charge in [-0.15, -0.1) is 0 Å². The Morgan fingerprint density at radius 1 is 1.11 bits per heavy atom. The highest BCUT2D eigenvalue weighted by Gasteiger charge is 2.36. The average molecular weight is 281 g/mol. The summed E-state index contributed by atoms with van der Waals surface area (Å²) < 4.78 is 37.0. The topological polar surface area (TPSA) is 32.5 Å². The predicted octanol–water partition coefficient (Wildman–Crippen LogP) is 1.93. The second-order valence-corrected chi connectivity index (χ2v) is 6.18. The first kappa shape index (κ1) is 16.7. The van der Waals surface area contributed by atoms with E-state index in [9.17, 15) is 13.2 Å². The Balaban J connectivity index is 2.52. The maximum absolute atomic E-state index is 12.3. The number of piperazine rings is 1. The maximum Gasteiger partial charge on any atom is 0.401 e. The molecule has 0 saturated carbocycles. The second-order valence-electron chi connectivity index (χ2n) is 6.18. The molecule has 1 heterocycles. The smallest absolute Gasteiger partial charge is 0.329 e. The first-order chi connectivity index (χ1) is 8.66. The quantitative estimate of drug-likeness (QED) is 0.836. The lowest BCUT2D eigenvalue weighted by Crippen LogP contribution is -2.59. The van der Waals surface area contributed by atoms with E-state index in [0.717, 1.165) is 6.42 Å². The van der Waals surface area contributed by atoms with Crippen molar-refractivity contribution in [3.8, 4) is 0 Å². The van der Waals surface area contributed by atoms with Gasteiger partial charge in [-0.2, -0.15) is 13.2 Å². The van der Waals surface area contributed by atoms with Gasteiger partial charge in [-0.1, -0.05) is 13.8 Å². The largest absolute Gasteiger partial charge is 0.401 e. The average Bonchev–Trinajstić information content (AvgIpc) is 2.26. The van der Waals surface area contributed by atoms with Gasteiger partial charge in [0.2, 0.25) is 0 Å². The number of hydrogen-bond acceptors (Lipinski definition) is 3. The molecule has 1 rings (SSSR count). The van der Waals surface area contributed by atoms with E-state index >= 15 is 0 Å². The van der Waals surface area contributed by atoms with E-state index in [1.807, 2.05) is 0 Å². The molecule has 0 bridgehead atoms. The van der Waals surface area contributed by atoms with Gasteiger partial charge in [-0.05, 0) is 19.3 Å². The molecule has 114 valence electrons. The molecular formula is C13H26F3N3. The summed E-state index contributed by atoms with van der Waals surface area (Å²) in [5, 5.41) is 0. The molecule has 0 aromatic carbocycles. The van der Waals surface area contributed by atoms with Gasteiger partial charge in [-0.25, -0.2) is 0 Å². The van der Waals surface area contributed by atoms with Crippen LogP contribution >= 0.6 is 0 Å². The third-order valence-corrected chi connectivity index (χ3v) is 3.83. The zero-order valence-electron chi connectivity index (χ0n) is 12.1. The summed E-state index contributed by atoms with van der Waals surface area (Å²) in [5.41, 5.74) is 5.79.